The summed E-state index contributed by atoms with van der Waals surface area (Å²) >= 11 is 0. The minimum atomic E-state index is -0.642. The average molecular weight is 474 g/mol. The molecule has 1 atom stereocenters. The second kappa shape index (κ2) is 11.7. The van der Waals surface area contributed by atoms with E-state index in [0.29, 0.717) is 62.8 Å². The Morgan fingerprint density at radius 2 is 1.88 bits per heavy atom. The summed E-state index contributed by atoms with van der Waals surface area (Å²) in [5, 5.41) is 3.55. The van der Waals surface area contributed by atoms with Gasteiger partial charge < -0.3 is 19.3 Å². The van der Waals surface area contributed by atoms with Crippen molar-refractivity contribution in [2.75, 3.05) is 32.8 Å². The molecular formula is C26H39N3O5. The molecule has 1 aromatic rings. The summed E-state index contributed by atoms with van der Waals surface area (Å²) in [4.78, 5) is 42.5. The van der Waals surface area contributed by atoms with E-state index in [1.165, 1.54) is 0 Å². The standard InChI is InChI=1S/C26H39N3O5/c1-5-7-16-34-23(30)18-29-25(32)21(17-19(3)4)27-26(29)12-14-28(15-13-26)24(31)20-10-8-9-11-22(20)33-6-2/h8-11,19,21,27H,5-7,12-18H2,1-4H3. The first-order valence-corrected chi connectivity index (χ1v) is 12.6. The molecule has 3 rings (SSSR count). The Balaban J connectivity index is 1.73. The lowest BCUT2D eigenvalue weighted by molar-refractivity contribution is -0.152. The van der Waals surface area contributed by atoms with Crippen LogP contribution in [0.1, 0.15) is 70.2 Å². The Morgan fingerprint density at radius 1 is 1.18 bits per heavy atom. The third kappa shape index (κ3) is 5.90. The number of unbranched alkanes of at least 4 members (excludes halogenated alkanes) is 1. The molecule has 1 unspecified atom stereocenters. The number of hydrogen-bond donors (Lipinski definition) is 1. The van der Waals surface area contributed by atoms with Crippen molar-refractivity contribution < 1.29 is 23.9 Å². The normalized spacial score (nSPS) is 19.7. The molecule has 2 heterocycles. The van der Waals surface area contributed by atoms with Gasteiger partial charge in [-0.05, 0) is 37.8 Å². The molecule has 0 aliphatic carbocycles. The van der Waals surface area contributed by atoms with Crippen LogP contribution in [0.4, 0.5) is 0 Å². The molecule has 0 radical (unpaired) electrons. The fourth-order valence-electron chi connectivity index (χ4n) is 4.82. The van der Waals surface area contributed by atoms with Crippen LogP contribution in [-0.4, -0.2) is 72.1 Å². The van der Waals surface area contributed by atoms with Crippen LogP contribution in [0.5, 0.6) is 5.75 Å². The number of para-hydroxylation sites is 1. The Morgan fingerprint density at radius 3 is 2.53 bits per heavy atom. The molecule has 1 spiro atoms. The molecule has 2 fully saturated rings. The summed E-state index contributed by atoms with van der Waals surface area (Å²) in [7, 11) is 0. The highest BCUT2D eigenvalue weighted by Gasteiger charge is 2.52. The van der Waals surface area contributed by atoms with E-state index in [4.69, 9.17) is 9.47 Å². The minimum Gasteiger partial charge on any atom is -0.493 e. The molecule has 2 amide bonds. The van der Waals surface area contributed by atoms with E-state index >= 15 is 0 Å². The van der Waals surface area contributed by atoms with Gasteiger partial charge in [0, 0.05) is 25.9 Å². The number of piperidine rings is 1. The van der Waals surface area contributed by atoms with Crippen molar-refractivity contribution >= 4 is 17.8 Å². The van der Waals surface area contributed by atoms with Crippen LogP contribution in [0.25, 0.3) is 0 Å². The van der Waals surface area contributed by atoms with Gasteiger partial charge in [0.15, 0.2) is 0 Å². The second-order valence-electron chi connectivity index (χ2n) is 9.58. The van der Waals surface area contributed by atoms with Gasteiger partial charge in [-0.3, -0.25) is 19.7 Å². The van der Waals surface area contributed by atoms with Crippen LogP contribution in [0, 0.1) is 5.92 Å². The number of nitrogens with zero attached hydrogens (tertiary/aromatic N) is 2. The lowest BCUT2D eigenvalue weighted by atomic mass is 9.95. The largest absolute Gasteiger partial charge is 0.493 e. The number of amides is 2. The quantitative estimate of drug-likeness (QED) is 0.415. The summed E-state index contributed by atoms with van der Waals surface area (Å²) in [5.74, 6) is 0.414. The number of rotatable bonds is 10. The topological polar surface area (TPSA) is 88.2 Å². The van der Waals surface area contributed by atoms with E-state index in [1.54, 1.807) is 11.0 Å². The van der Waals surface area contributed by atoms with Crippen molar-refractivity contribution in [2.45, 2.75) is 71.5 Å². The Kier molecular flexibility index (Phi) is 8.94. The van der Waals surface area contributed by atoms with Gasteiger partial charge in [-0.2, -0.15) is 0 Å². The monoisotopic (exact) mass is 473 g/mol. The van der Waals surface area contributed by atoms with Crippen molar-refractivity contribution in [2.24, 2.45) is 5.92 Å². The molecule has 188 valence electrons. The third-order valence-corrected chi connectivity index (χ3v) is 6.57. The molecule has 1 N–H and O–H groups in total. The number of ether oxygens (including phenoxy) is 2. The van der Waals surface area contributed by atoms with Crippen LogP contribution in [0.15, 0.2) is 24.3 Å². The highest BCUT2D eigenvalue weighted by molar-refractivity contribution is 5.97. The van der Waals surface area contributed by atoms with E-state index in [9.17, 15) is 14.4 Å². The minimum absolute atomic E-state index is 0.0531. The van der Waals surface area contributed by atoms with E-state index in [1.807, 2.05) is 36.9 Å². The SMILES string of the molecule is CCCCOC(=O)CN1C(=O)C(CC(C)C)NC12CCN(C(=O)c1ccccc1OCC)CC2. The number of esters is 1. The van der Waals surface area contributed by atoms with Gasteiger partial charge in [0.1, 0.15) is 12.3 Å². The van der Waals surface area contributed by atoms with Crippen LogP contribution in [0.3, 0.4) is 0 Å². The molecule has 2 saturated heterocycles. The van der Waals surface area contributed by atoms with Crippen molar-refractivity contribution in [3.63, 3.8) is 0 Å². The van der Waals surface area contributed by atoms with Gasteiger partial charge in [-0.25, -0.2) is 0 Å². The fourth-order valence-corrected chi connectivity index (χ4v) is 4.82. The zero-order chi connectivity index (χ0) is 24.7. The van der Waals surface area contributed by atoms with Gasteiger partial charge >= 0.3 is 5.97 Å². The molecule has 0 bridgehead atoms. The molecule has 8 heteroatoms. The number of nitrogens with one attached hydrogen (secondary N) is 1. The summed E-state index contributed by atoms with van der Waals surface area (Å²) in [6.45, 7) is 9.85. The molecule has 1 aromatic carbocycles. The molecule has 0 aromatic heterocycles. The third-order valence-electron chi connectivity index (χ3n) is 6.57. The molecule has 2 aliphatic heterocycles. The molecule has 2 aliphatic rings. The number of benzene rings is 1. The van der Waals surface area contributed by atoms with Gasteiger partial charge in [0.05, 0.1) is 30.5 Å². The van der Waals surface area contributed by atoms with Crippen LogP contribution in [0.2, 0.25) is 0 Å². The first-order chi connectivity index (χ1) is 16.3. The zero-order valence-corrected chi connectivity index (χ0v) is 21.0. The smallest absolute Gasteiger partial charge is 0.325 e. The van der Waals surface area contributed by atoms with Crippen molar-refractivity contribution in [1.29, 1.82) is 0 Å². The van der Waals surface area contributed by atoms with E-state index in [2.05, 4.69) is 19.2 Å². The maximum Gasteiger partial charge on any atom is 0.325 e. The highest BCUT2D eigenvalue weighted by Crippen LogP contribution is 2.35. The average Bonchev–Trinajstić information content (AvgIpc) is 3.04. The number of hydrogen-bond acceptors (Lipinski definition) is 6. The summed E-state index contributed by atoms with van der Waals surface area (Å²) in [6.07, 6.45) is 3.55. The number of carbonyl (C=O) groups is 3. The van der Waals surface area contributed by atoms with Gasteiger partial charge in [-0.15, -0.1) is 0 Å². The lowest BCUT2D eigenvalue weighted by Crippen LogP contribution is -2.60. The van der Waals surface area contributed by atoms with Crippen LogP contribution in [-0.2, 0) is 14.3 Å². The fraction of sp³-hybridized carbons (Fsp3) is 0.654. The first-order valence-electron chi connectivity index (χ1n) is 12.6. The van der Waals surface area contributed by atoms with Gasteiger partial charge in [-0.1, -0.05) is 39.3 Å². The second-order valence-corrected chi connectivity index (χ2v) is 9.58. The summed E-state index contributed by atoms with van der Waals surface area (Å²) < 4.78 is 11.0. The van der Waals surface area contributed by atoms with Gasteiger partial charge in [0.25, 0.3) is 5.91 Å². The predicted octanol–water partition coefficient (Wildman–Crippen LogP) is 3.21. The van der Waals surface area contributed by atoms with Crippen LogP contribution >= 0.6 is 0 Å². The molecule has 0 saturated carbocycles. The molecule has 8 nitrogen and oxygen atoms in total. The summed E-state index contributed by atoms with van der Waals surface area (Å²) in [5.41, 5.74) is -0.0961. The highest BCUT2D eigenvalue weighted by atomic mass is 16.5. The maximum absolute atomic E-state index is 13.3. The maximum atomic E-state index is 13.3. The van der Waals surface area contributed by atoms with Crippen molar-refractivity contribution in [3.05, 3.63) is 29.8 Å². The first kappa shape index (κ1) is 26.0. The van der Waals surface area contributed by atoms with Crippen molar-refractivity contribution in [1.82, 2.24) is 15.1 Å². The molecular weight excluding hydrogens is 434 g/mol. The Hall–Kier alpha value is -2.61. The van der Waals surface area contributed by atoms with E-state index in [-0.39, 0.29) is 30.4 Å². The lowest BCUT2D eigenvalue weighted by Gasteiger charge is -2.44. The predicted molar refractivity (Wildman–Crippen MR) is 129 cm³/mol. The Labute approximate surface area is 202 Å². The zero-order valence-electron chi connectivity index (χ0n) is 21.0. The van der Waals surface area contributed by atoms with Gasteiger partial charge in [0.2, 0.25) is 5.91 Å². The molecule has 34 heavy (non-hydrogen) atoms. The van der Waals surface area contributed by atoms with E-state index in [0.717, 1.165) is 12.8 Å². The van der Waals surface area contributed by atoms with Crippen LogP contribution < -0.4 is 10.1 Å². The number of likely N-dealkylation sites (tertiary alicyclic amines) is 1. The number of carbonyl (C=O) groups excluding carboxylic acids is 3. The van der Waals surface area contributed by atoms with Crippen molar-refractivity contribution in [3.8, 4) is 5.75 Å². The Bertz CT molecular complexity index is 864. The van der Waals surface area contributed by atoms with E-state index < -0.39 is 5.66 Å². The summed E-state index contributed by atoms with van der Waals surface area (Å²) in [6, 6.07) is 6.95.